The zero-order valence-corrected chi connectivity index (χ0v) is 15.7. The smallest absolute Gasteiger partial charge is 0.286 e. The molecule has 6 heteroatoms. The minimum Gasteiger partial charge on any atom is -0.459 e. The van der Waals surface area contributed by atoms with Gasteiger partial charge in [0.2, 0.25) is 6.29 Å². The molecule has 0 bridgehead atoms. The van der Waals surface area contributed by atoms with Gasteiger partial charge in [-0.2, -0.15) is 0 Å². The quantitative estimate of drug-likeness (QED) is 0.730. The molecule has 1 fully saturated rings. The second kappa shape index (κ2) is 9.33. The highest BCUT2D eigenvalue weighted by atomic mass is 19.1. The van der Waals surface area contributed by atoms with Gasteiger partial charge in [-0.25, -0.2) is 4.39 Å². The van der Waals surface area contributed by atoms with Crippen molar-refractivity contribution in [3.8, 4) is 0 Å². The maximum atomic E-state index is 13.4. The Morgan fingerprint density at radius 1 is 1.33 bits per heavy atom. The van der Waals surface area contributed by atoms with Crippen LogP contribution in [0.15, 0.2) is 36.1 Å². The number of aliphatic hydroxyl groups excluding tert-OH is 1. The molecule has 5 nitrogen and oxygen atoms in total. The number of halogens is 1. The van der Waals surface area contributed by atoms with Crippen LogP contribution in [0, 0.1) is 11.7 Å². The molecule has 1 aromatic carbocycles. The molecule has 3 rings (SSSR count). The summed E-state index contributed by atoms with van der Waals surface area (Å²) in [5.41, 5.74) is 0.904. The van der Waals surface area contributed by atoms with Crippen LogP contribution in [0.2, 0.25) is 0 Å². The molecule has 2 aliphatic rings. The van der Waals surface area contributed by atoms with Gasteiger partial charge in [-0.05, 0) is 62.8 Å². The van der Waals surface area contributed by atoms with E-state index < -0.39 is 6.29 Å². The number of hydrogen-bond acceptors (Lipinski definition) is 4. The first-order chi connectivity index (χ1) is 13.1. The largest absolute Gasteiger partial charge is 0.459 e. The average molecular weight is 377 g/mol. The van der Waals surface area contributed by atoms with Crippen molar-refractivity contribution in [1.29, 1.82) is 0 Å². The molecule has 0 aromatic heterocycles. The third kappa shape index (κ3) is 4.87. The maximum absolute atomic E-state index is 13.4. The van der Waals surface area contributed by atoms with E-state index in [9.17, 15) is 14.3 Å². The summed E-state index contributed by atoms with van der Waals surface area (Å²) < 4.78 is 25.1. The Morgan fingerprint density at radius 3 is 2.67 bits per heavy atom. The normalized spacial score (nSPS) is 25.3. The topological polar surface area (TPSA) is 67.8 Å². The molecule has 1 saturated carbocycles. The van der Waals surface area contributed by atoms with Crippen LogP contribution < -0.4 is 5.32 Å². The first-order valence-electron chi connectivity index (χ1n) is 9.79. The van der Waals surface area contributed by atoms with Crippen molar-refractivity contribution in [3.63, 3.8) is 0 Å². The highest BCUT2D eigenvalue weighted by Crippen LogP contribution is 2.39. The predicted molar refractivity (Wildman–Crippen MR) is 99.3 cm³/mol. The van der Waals surface area contributed by atoms with Gasteiger partial charge in [0.15, 0.2) is 5.76 Å². The third-order valence-electron chi connectivity index (χ3n) is 5.33. The van der Waals surface area contributed by atoms with E-state index >= 15 is 0 Å². The molecule has 1 aromatic rings. The Morgan fingerprint density at radius 2 is 2.07 bits per heavy atom. The first kappa shape index (κ1) is 19.8. The fraction of sp³-hybridized carbons (Fsp3) is 0.571. The van der Waals surface area contributed by atoms with Crippen molar-refractivity contribution in [2.24, 2.45) is 5.92 Å². The molecular formula is C21H28FNO4. The summed E-state index contributed by atoms with van der Waals surface area (Å²) in [7, 11) is 0. The van der Waals surface area contributed by atoms with Gasteiger partial charge >= 0.3 is 0 Å². The van der Waals surface area contributed by atoms with Gasteiger partial charge in [0.1, 0.15) is 5.82 Å². The highest BCUT2D eigenvalue weighted by Gasteiger charge is 2.38. The van der Waals surface area contributed by atoms with Gasteiger partial charge in [0, 0.05) is 31.1 Å². The number of amides is 1. The molecule has 0 saturated heterocycles. The first-order valence-corrected chi connectivity index (χ1v) is 9.79. The molecule has 1 amide bonds. The van der Waals surface area contributed by atoms with Gasteiger partial charge in [-0.1, -0.05) is 12.1 Å². The SMILES string of the molecule is CCO[C@@H]1OC(C(=O)NC2CCC2)=C[C@H](c2ccc(F)cc2)[C@@H]1CCCO. The number of carbonyl (C=O) groups is 1. The molecular weight excluding hydrogens is 349 g/mol. The minimum absolute atomic E-state index is 0.0668. The summed E-state index contributed by atoms with van der Waals surface area (Å²) >= 11 is 0. The molecule has 0 unspecified atom stereocenters. The maximum Gasteiger partial charge on any atom is 0.286 e. The lowest BCUT2D eigenvalue weighted by Crippen LogP contribution is -2.43. The molecule has 1 aliphatic heterocycles. The predicted octanol–water partition coefficient (Wildman–Crippen LogP) is 3.24. The van der Waals surface area contributed by atoms with Crippen molar-refractivity contribution < 1.29 is 23.8 Å². The molecule has 27 heavy (non-hydrogen) atoms. The van der Waals surface area contributed by atoms with E-state index in [1.165, 1.54) is 12.1 Å². The number of hydrogen-bond donors (Lipinski definition) is 2. The summed E-state index contributed by atoms with van der Waals surface area (Å²) in [4.78, 5) is 12.6. The van der Waals surface area contributed by atoms with Gasteiger partial charge in [0.05, 0.1) is 0 Å². The number of nitrogens with one attached hydrogen (secondary N) is 1. The van der Waals surface area contributed by atoms with E-state index in [1.807, 2.05) is 13.0 Å². The third-order valence-corrected chi connectivity index (χ3v) is 5.33. The second-order valence-electron chi connectivity index (χ2n) is 7.18. The number of benzene rings is 1. The molecule has 0 spiro atoms. The Balaban J connectivity index is 1.88. The molecule has 1 heterocycles. The Kier molecular flexibility index (Phi) is 6.85. The van der Waals surface area contributed by atoms with Gasteiger partial charge in [0.25, 0.3) is 5.91 Å². The Bertz CT molecular complexity index is 657. The lowest BCUT2D eigenvalue weighted by atomic mass is 9.80. The summed E-state index contributed by atoms with van der Waals surface area (Å²) in [5, 5.41) is 12.3. The van der Waals surface area contributed by atoms with Crippen LogP contribution in [0.5, 0.6) is 0 Å². The zero-order valence-electron chi connectivity index (χ0n) is 15.7. The summed E-state index contributed by atoms with van der Waals surface area (Å²) in [6, 6.07) is 6.52. The minimum atomic E-state index is -0.580. The van der Waals surface area contributed by atoms with Crippen molar-refractivity contribution in [3.05, 3.63) is 47.5 Å². The molecule has 1 aliphatic carbocycles. The van der Waals surface area contributed by atoms with E-state index in [0.717, 1.165) is 24.8 Å². The van der Waals surface area contributed by atoms with E-state index in [4.69, 9.17) is 9.47 Å². The van der Waals surface area contributed by atoms with Gasteiger partial charge in [-0.3, -0.25) is 4.79 Å². The monoisotopic (exact) mass is 377 g/mol. The van der Waals surface area contributed by atoms with E-state index in [1.54, 1.807) is 12.1 Å². The van der Waals surface area contributed by atoms with Crippen LogP contribution in [-0.4, -0.2) is 36.6 Å². The molecule has 2 N–H and O–H groups in total. The summed E-state index contributed by atoms with van der Waals surface area (Å²) in [6.45, 7) is 2.41. The number of carbonyl (C=O) groups excluding carboxylic acids is 1. The van der Waals surface area contributed by atoms with Crippen molar-refractivity contribution in [2.75, 3.05) is 13.2 Å². The van der Waals surface area contributed by atoms with Crippen molar-refractivity contribution in [2.45, 2.75) is 57.3 Å². The standard InChI is InChI=1S/C21H28FNO4/c1-2-26-21-17(7-4-12-24)18(14-8-10-15(22)11-9-14)13-19(27-21)20(25)23-16-5-3-6-16/h8-11,13,16-18,21,24H,2-7,12H2,1H3,(H,23,25)/t17-,18+,21+/m0/s1. The highest BCUT2D eigenvalue weighted by molar-refractivity contribution is 5.92. The van der Waals surface area contributed by atoms with Crippen LogP contribution >= 0.6 is 0 Å². The van der Waals surface area contributed by atoms with Crippen LogP contribution in [0.25, 0.3) is 0 Å². The average Bonchev–Trinajstić information content (AvgIpc) is 2.64. The van der Waals surface area contributed by atoms with Crippen LogP contribution in [0.1, 0.15) is 50.5 Å². The number of ether oxygens (including phenoxy) is 2. The molecule has 148 valence electrons. The summed E-state index contributed by atoms with van der Waals surface area (Å²) in [5.74, 6) is -0.481. The van der Waals surface area contributed by atoms with Crippen LogP contribution in [0.3, 0.4) is 0 Å². The van der Waals surface area contributed by atoms with Gasteiger partial charge in [-0.15, -0.1) is 0 Å². The Labute approximate surface area is 159 Å². The van der Waals surface area contributed by atoms with E-state index in [0.29, 0.717) is 19.4 Å². The van der Waals surface area contributed by atoms with Crippen molar-refractivity contribution in [1.82, 2.24) is 5.32 Å². The molecule has 0 radical (unpaired) electrons. The van der Waals surface area contributed by atoms with Crippen LogP contribution in [0.4, 0.5) is 4.39 Å². The lowest BCUT2D eigenvalue weighted by molar-refractivity contribution is -0.167. The lowest BCUT2D eigenvalue weighted by Gasteiger charge is -2.37. The fourth-order valence-electron chi connectivity index (χ4n) is 3.64. The zero-order chi connectivity index (χ0) is 19.2. The Hall–Kier alpha value is -1.92. The molecule has 3 atom stereocenters. The van der Waals surface area contributed by atoms with Gasteiger partial charge < -0.3 is 19.9 Å². The number of aliphatic hydroxyl groups is 1. The van der Waals surface area contributed by atoms with Crippen molar-refractivity contribution >= 4 is 5.91 Å². The van der Waals surface area contributed by atoms with E-state index in [2.05, 4.69) is 5.32 Å². The van der Waals surface area contributed by atoms with E-state index in [-0.39, 0.29) is 42.0 Å². The number of allylic oxidation sites excluding steroid dienone is 1. The summed E-state index contributed by atoms with van der Waals surface area (Å²) in [6.07, 6.45) is 5.64. The second-order valence-corrected chi connectivity index (χ2v) is 7.18. The number of rotatable bonds is 8. The fourth-order valence-corrected chi connectivity index (χ4v) is 3.64. The van der Waals surface area contributed by atoms with Crippen LogP contribution in [-0.2, 0) is 14.3 Å².